The van der Waals surface area contributed by atoms with Crippen LogP contribution in [0.25, 0.3) is 10.4 Å². The number of β-amino-alcohol motifs (C(OH)–C–C–N with tert-alkyl or cyclic N) is 1. The van der Waals surface area contributed by atoms with Gasteiger partial charge in [0.25, 0.3) is 0 Å². The Kier molecular flexibility index (Phi) is 9.05. The topological polar surface area (TPSA) is 124 Å². The number of nitrogens with one attached hydrogen (secondary N) is 2. The average Bonchev–Trinajstić information content (AvgIpc) is 3.52. The van der Waals surface area contributed by atoms with E-state index >= 15 is 0 Å². The molecule has 0 aliphatic carbocycles. The van der Waals surface area contributed by atoms with E-state index in [2.05, 4.69) is 15.6 Å². The van der Waals surface area contributed by atoms with Crippen LogP contribution in [0.2, 0.25) is 0 Å². The number of carbonyl (C=O) groups is 3. The molecule has 2 aromatic rings. The summed E-state index contributed by atoms with van der Waals surface area (Å²) >= 11 is 1.59. The van der Waals surface area contributed by atoms with Crippen LogP contribution in [0.3, 0.4) is 0 Å². The van der Waals surface area contributed by atoms with Crippen LogP contribution in [0.15, 0.2) is 29.8 Å². The van der Waals surface area contributed by atoms with Crippen molar-refractivity contribution in [2.24, 2.45) is 5.41 Å². The Morgan fingerprint density at radius 3 is 2.59 bits per heavy atom. The summed E-state index contributed by atoms with van der Waals surface area (Å²) in [5.41, 5.74) is 4.19. The van der Waals surface area contributed by atoms with Gasteiger partial charge in [-0.2, -0.15) is 0 Å². The van der Waals surface area contributed by atoms with E-state index in [-0.39, 0.29) is 37.3 Å². The summed E-state index contributed by atoms with van der Waals surface area (Å²) in [6.45, 7) is 9.33. The van der Waals surface area contributed by atoms with Crippen molar-refractivity contribution in [3.8, 4) is 10.4 Å². The summed E-state index contributed by atoms with van der Waals surface area (Å²) in [4.78, 5) is 48.7. The molecule has 11 heteroatoms. The SMILES string of the molecule is Cc1ncsc1-c1ccc(CNC(=O)[C@@H]2C[C@@H](O)CN2C(=O)[C@@H](N(C)C(=O)[C@@H]2COCCN2)C(C)(C)C)cc1. The average molecular weight is 558 g/mol. The Hall–Kier alpha value is -2.86. The van der Waals surface area contributed by atoms with E-state index in [1.165, 1.54) is 9.80 Å². The lowest BCUT2D eigenvalue weighted by Gasteiger charge is -2.41. The number of benzene rings is 1. The minimum Gasteiger partial charge on any atom is -0.391 e. The predicted octanol–water partition coefficient (Wildman–Crippen LogP) is 1.56. The van der Waals surface area contributed by atoms with Crippen LogP contribution in [-0.2, 0) is 25.7 Å². The second-order valence-electron chi connectivity index (χ2n) is 11.4. The molecule has 3 N–H and O–H groups in total. The number of ether oxygens (including phenoxy) is 1. The third-order valence-corrected chi connectivity index (χ3v) is 8.28. The first-order valence-corrected chi connectivity index (χ1v) is 14.2. The van der Waals surface area contributed by atoms with Gasteiger partial charge in [-0.15, -0.1) is 11.3 Å². The molecule has 39 heavy (non-hydrogen) atoms. The second-order valence-corrected chi connectivity index (χ2v) is 12.2. The predicted molar refractivity (Wildman–Crippen MR) is 149 cm³/mol. The normalized spacial score (nSPS) is 22.4. The van der Waals surface area contributed by atoms with Crippen LogP contribution in [-0.4, -0.2) is 95.2 Å². The van der Waals surface area contributed by atoms with Crippen molar-refractivity contribution in [2.45, 2.75) is 64.9 Å². The molecule has 212 valence electrons. The van der Waals surface area contributed by atoms with E-state index in [1.807, 2.05) is 57.5 Å². The van der Waals surface area contributed by atoms with Gasteiger partial charge in [-0.25, -0.2) is 4.98 Å². The third-order valence-electron chi connectivity index (χ3n) is 7.30. The number of likely N-dealkylation sites (tertiary alicyclic amines) is 1. The molecule has 0 spiro atoms. The van der Waals surface area contributed by atoms with Crippen molar-refractivity contribution in [1.29, 1.82) is 0 Å². The van der Waals surface area contributed by atoms with Crippen LogP contribution >= 0.6 is 11.3 Å². The number of carbonyl (C=O) groups excluding carboxylic acids is 3. The van der Waals surface area contributed by atoms with E-state index in [0.29, 0.717) is 19.7 Å². The van der Waals surface area contributed by atoms with Crippen molar-refractivity contribution < 1.29 is 24.2 Å². The largest absolute Gasteiger partial charge is 0.391 e. The number of aryl methyl sites for hydroxylation is 1. The van der Waals surface area contributed by atoms with Gasteiger partial charge in [0.05, 0.1) is 35.4 Å². The lowest BCUT2D eigenvalue weighted by atomic mass is 9.84. The summed E-state index contributed by atoms with van der Waals surface area (Å²) < 4.78 is 5.44. The first-order chi connectivity index (χ1) is 18.5. The highest BCUT2D eigenvalue weighted by molar-refractivity contribution is 7.13. The van der Waals surface area contributed by atoms with Crippen LogP contribution in [0.5, 0.6) is 0 Å². The number of aliphatic hydroxyl groups is 1. The summed E-state index contributed by atoms with van der Waals surface area (Å²) in [6.07, 6.45) is -0.671. The van der Waals surface area contributed by atoms with E-state index in [1.54, 1.807) is 18.4 Å². The smallest absolute Gasteiger partial charge is 0.246 e. The van der Waals surface area contributed by atoms with Gasteiger partial charge in [0.15, 0.2) is 0 Å². The first-order valence-electron chi connectivity index (χ1n) is 13.3. The molecule has 3 heterocycles. The Morgan fingerprint density at radius 2 is 2.00 bits per heavy atom. The maximum atomic E-state index is 13.9. The number of rotatable bonds is 7. The molecule has 10 nitrogen and oxygen atoms in total. The van der Waals surface area contributed by atoms with Crippen LogP contribution in [0, 0.1) is 12.3 Å². The summed E-state index contributed by atoms with van der Waals surface area (Å²) in [5, 5.41) is 16.5. The molecule has 2 aliphatic heterocycles. The van der Waals surface area contributed by atoms with E-state index in [4.69, 9.17) is 4.74 Å². The van der Waals surface area contributed by atoms with Gasteiger partial charge in [-0.05, 0) is 23.5 Å². The number of morpholine rings is 1. The first kappa shape index (κ1) is 29.1. The Bertz CT molecular complexity index is 1170. The van der Waals surface area contributed by atoms with Gasteiger partial charge in [-0.3, -0.25) is 14.4 Å². The number of hydrogen-bond acceptors (Lipinski definition) is 8. The molecule has 2 fully saturated rings. The standard InChI is InChI=1S/C28H39N5O5S/c1-17-23(39-16-31-17)19-8-6-18(7-9-19)13-30-25(35)22-12-20(34)14-33(22)27(37)24(28(2,3)4)32(5)26(36)21-15-38-11-10-29-21/h6-9,16,20-22,24,29,34H,10-15H2,1-5H3,(H,30,35)/t20-,21+,22+,24-/m1/s1. The van der Waals surface area contributed by atoms with Crippen LogP contribution < -0.4 is 10.6 Å². The summed E-state index contributed by atoms with van der Waals surface area (Å²) in [7, 11) is 1.62. The van der Waals surface area contributed by atoms with Gasteiger partial charge in [0.1, 0.15) is 18.1 Å². The maximum absolute atomic E-state index is 13.9. The fourth-order valence-corrected chi connectivity index (χ4v) is 6.15. The Balaban J connectivity index is 1.44. The highest BCUT2D eigenvalue weighted by Gasteiger charge is 2.47. The number of aromatic nitrogens is 1. The van der Waals surface area contributed by atoms with E-state index < -0.39 is 29.6 Å². The van der Waals surface area contributed by atoms with Crippen molar-refractivity contribution in [2.75, 3.05) is 33.4 Å². The highest BCUT2D eigenvalue weighted by atomic mass is 32.1. The molecule has 0 bridgehead atoms. The zero-order valence-electron chi connectivity index (χ0n) is 23.3. The number of hydrogen-bond donors (Lipinski definition) is 3. The molecule has 0 unspecified atom stereocenters. The van der Waals surface area contributed by atoms with E-state index in [9.17, 15) is 19.5 Å². The lowest BCUT2D eigenvalue weighted by molar-refractivity contribution is -0.153. The van der Waals surface area contributed by atoms with Crippen molar-refractivity contribution >= 4 is 29.1 Å². The molecule has 4 atom stereocenters. The summed E-state index contributed by atoms with van der Waals surface area (Å²) in [6, 6.07) is 5.75. The maximum Gasteiger partial charge on any atom is 0.246 e. The lowest BCUT2D eigenvalue weighted by Crippen LogP contribution is -2.61. The number of amides is 3. The minimum absolute atomic E-state index is 0.0409. The number of thiazole rings is 1. The quantitative estimate of drug-likeness (QED) is 0.472. The Morgan fingerprint density at radius 1 is 1.28 bits per heavy atom. The molecule has 4 rings (SSSR count). The monoisotopic (exact) mass is 557 g/mol. The summed E-state index contributed by atoms with van der Waals surface area (Å²) in [5.74, 6) is -0.914. The van der Waals surface area contributed by atoms with Crippen LogP contribution in [0.1, 0.15) is 38.4 Å². The zero-order valence-corrected chi connectivity index (χ0v) is 24.1. The zero-order chi connectivity index (χ0) is 28.3. The van der Waals surface area contributed by atoms with Gasteiger partial charge in [-0.1, -0.05) is 45.0 Å². The molecule has 3 amide bonds. The van der Waals surface area contributed by atoms with Crippen LogP contribution in [0.4, 0.5) is 0 Å². The minimum atomic E-state index is -0.823. The fraction of sp³-hybridized carbons (Fsp3) is 0.571. The fourth-order valence-electron chi connectivity index (χ4n) is 5.34. The number of aliphatic hydroxyl groups excluding tert-OH is 1. The van der Waals surface area contributed by atoms with Crippen molar-refractivity contribution in [3.63, 3.8) is 0 Å². The van der Waals surface area contributed by atoms with E-state index in [0.717, 1.165) is 21.7 Å². The van der Waals surface area contributed by atoms with Crippen molar-refractivity contribution in [1.82, 2.24) is 25.4 Å². The number of nitrogens with zero attached hydrogens (tertiary/aromatic N) is 3. The molecule has 2 saturated heterocycles. The van der Waals surface area contributed by atoms with Gasteiger partial charge in [0, 0.05) is 33.1 Å². The Labute approximate surface area is 233 Å². The van der Waals surface area contributed by atoms with Gasteiger partial charge >= 0.3 is 0 Å². The number of likely N-dealkylation sites (N-methyl/N-ethyl adjacent to an activating group) is 1. The highest BCUT2D eigenvalue weighted by Crippen LogP contribution is 2.30. The molecule has 1 aromatic heterocycles. The molecule has 2 aliphatic rings. The van der Waals surface area contributed by atoms with Gasteiger partial charge < -0.3 is 30.3 Å². The van der Waals surface area contributed by atoms with Crippen molar-refractivity contribution in [3.05, 3.63) is 41.0 Å². The molecular weight excluding hydrogens is 518 g/mol. The molecule has 0 radical (unpaired) electrons. The molecule has 1 aromatic carbocycles. The molecule has 0 saturated carbocycles. The second kappa shape index (κ2) is 12.1. The van der Waals surface area contributed by atoms with Gasteiger partial charge in [0.2, 0.25) is 17.7 Å². The molecular formula is C28H39N5O5S. The third kappa shape index (κ3) is 6.66.